The van der Waals surface area contributed by atoms with Crippen molar-refractivity contribution >= 4 is 17.3 Å². The average molecular weight is 293 g/mol. The largest absolute Gasteiger partial charge is 0.373 e. The van der Waals surface area contributed by atoms with Gasteiger partial charge in [0, 0.05) is 20.1 Å². The molecule has 0 radical (unpaired) electrons. The Bertz CT molecular complexity index is 474. The number of hydrogen-bond acceptors (Lipinski definition) is 2. The van der Waals surface area contributed by atoms with Crippen molar-refractivity contribution < 1.29 is 0 Å². The van der Waals surface area contributed by atoms with Crippen LogP contribution >= 0.6 is 11.6 Å². The van der Waals surface area contributed by atoms with Crippen LogP contribution in [0.1, 0.15) is 31.2 Å². The topological polar surface area (TPSA) is 15.3 Å². The first-order valence-corrected chi connectivity index (χ1v) is 8.19. The number of halogens is 1. The van der Waals surface area contributed by atoms with E-state index in [1.54, 1.807) is 0 Å². The summed E-state index contributed by atoms with van der Waals surface area (Å²) in [6.07, 6.45) is 5.85. The second-order valence-corrected chi connectivity index (χ2v) is 7.04. The van der Waals surface area contributed by atoms with E-state index in [4.69, 9.17) is 11.6 Å². The molecule has 1 aromatic rings. The lowest BCUT2D eigenvalue weighted by Crippen LogP contribution is -2.28. The van der Waals surface area contributed by atoms with Crippen molar-refractivity contribution in [1.29, 1.82) is 0 Å². The van der Waals surface area contributed by atoms with Crippen LogP contribution in [0, 0.1) is 17.8 Å². The van der Waals surface area contributed by atoms with Crippen LogP contribution in [-0.4, -0.2) is 20.6 Å². The smallest absolute Gasteiger partial charge is 0.0642 e. The molecule has 2 bridgehead atoms. The van der Waals surface area contributed by atoms with Crippen molar-refractivity contribution in [2.75, 3.05) is 25.5 Å². The van der Waals surface area contributed by atoms with Crippen molar-refractivity contribution in [1.82, 2.24) is 5.32 Å². The molecule has 0 amide bonds. The molecule has 110 valence electrons. The summed E-state index contributed by atoms with van der Waals surface area (Å²) < 4.78 is 0. The number of hydrogen-bond donors (Lipinski definition) is 1. The molecule has 2 fully saturated rings. The molecule has 0 aliphatic heterocycles. The van der Waals surface area contributed by atoms with E-state index in [-0.39, 0.29) is 0 Å². The van der Waals surface area contributed by atoms with Gasteiger partial charge in [-0.25, -0.2) is 0 Å². The number of nitrogens with one attached hydrogen (secondary N) is 1. The maximum absolute atomic E-state index is 6.46. The Morgan fingerprint density at radius 2 is 2.15 bits per heavy atom. The molecule has 0 aromatic heterocycles. The minimum absolute atomic E-state index is 0.871. The summed E-state index contributed by atoms with van der Waals surface area (Å²) in [6.45, 7) is 2.03. The summed E-state index contributed by atoms with van der Waals surface area (Å²) in [5.74, 6) is 2.88. The highest BCUT2D eigenvalue weighted by Gasteiger charge is 2.39. The molecule has 2 aliphatic rings. The van der Waals surface area contributed by atoms with Crippen LogP contribution in [0.4, 0.5) is 5.69 Å². The summed E-state index contributed by atoms with van der Waals surface area (Å²) in [5, 5.41) is 4.04. The Hall–Kier alpha value is -0.730. The lowest BCUT2D eigenvalue weighted by atomic mass is 9.88. The minimum atomic E-state index is 0.871. The van der Waals surface area contributed by atoms with Gasteiger partial charge in [-0.15, -0.1) is 0 Å². The normalized spacial score (nSPS) is 28.1. The molecule has 1 N–H and O–H groups in total. The lowest BCUT2D eigenvalue weighted by molar-refractivity contribution is 0.337. The Morgan fingerprint density at radius 1 is 1.30 bits per heavy atom. The minimum Gasteiger partial charge on any atom is -0.373 e. The molecule has 2 saturated carbocycles. The third-order valence-electron chi connectivity index (χ3n) is 5.20. The van der Waals surface area contributed by atoms with Crippen LogP contribution in [0.2, 0.25) is 5.02 Å². The van der Waals surface area contributed by atoms with Gasteiger partial charge in [0.05, 0.1) is 10.7 Å². The summed E-state index contributed by atoms with van der Waals surface area (Å²) >= 11 is 6.46. The molecule has 0 saturated heterocycles. The number of nitrogens with zero attached hydrogens (tertiary/aromatic N) is 1. The van der Waals surface area contributed by atoms with E-state index < -0.39 is 0 Å². The predicted molar refractivity (Wildman–Crippen MR) is 86.4 cm³/mol. The quantitative estimate of drug-likeness (QED) is 0.884. The summed E-state index contributed by atoms with van der Waals surface area (Å²) in [7, 11) is 4.15. The van der Waals surface area contributed by atoms with E-state index >= 15 is 0 Å². The van der Waals surface area contributed by atoms with Gasteiger partial charge in [-0.1, -0.05) is 24.1 Å². The van der Waals surface area contributed by atoms with Gasteiger partial charge < -0.3 is 10.2 Å². The van der Waals surface area contributed by atoms with Crippen molar-refractivity contribution in [2.45, 2.75) is 32.2 Å². The Morgan fingerprint density at radius 3 is 2.75 bits per heavy atom. The molecular formula is C17H25ClN2. The van der Waals surface area contributed by atoms with Gasteiger partial charge in [0.1, 0.15) is 0 Å². The van der Waals surface area contributed by atoms with Crippen molar-refractivity contribution in [2.24, 2.45) is 17.8 Å². The molecule has 2 aliphatic carbocycles. The fraction of sp³-hybridized carbons (Fsp3) is 0.647. The van der Waals surface area contributed by atoms with E-state index in [2.05, 4.69) is 35.5 Å². The molecule has 3 heteroatoms. The number of benzene rings is 1. The summed E-state index contributed by atoms with van der Waals surface area (Å²) in [4.78, 5) is 2.36. The maximum Gasteiger partial charge on any atom is 0.0642 e. The zero-order chi connectivity index (χ0) is 14.1. The second-order valence-electron chi connectivity index (χ2n) is 6.63. The molecular weight excluding hydrogens is 268 g/mol. The highest BCUT2D eigenvalue weighted by molar-refractivity contribution is 6.33. The Labute approximate surface area is 127 Å². The predicted octanol–water partition coefficient (Wildman–Crippen LogP) is 3.93. The standard InChI is InChI=1S/C17H25ClN2/c1-19-10-13-4-6-17(16(18)9-13)20(2)11-15-8-12-3-5-14(15)7-12/h4,6,9,12,14-15,19H,3,5,7-8,10-11H2,1-2H3. The number of rotatable bonds is 5. The van der Waals surface area contributed by atoms with Gasteiger partial charge in [-0.05, 0) is 61.8 Å². The first-order chi connectivity index (χ1) is 9.67. The van der Waals surface area contributed by atoms with E-state index in [9.17, 15) is 0 Å². The molecule has 0 heterocycles. The highest BCUT2D eigenvalue weighted by atomic mass is 35.5. The average Bonchev–Trinajstić information content (AvgIpc) is 3.01. The molecule has 20 heavy (non-hydrogen) atoms. The molecule has 3 unspecified atom stereocenters. The van der Waals surface area contributed by atoms with Gasteiger partial charge >= 0.3 is 0 Å². The van der Waals surface area contributed by atoms with E-state index in [0.29, 0.717) is 0 Å². The first kappa shape index (κ1) is 14.2. The van der Waals surface area contributed by atoms with E-state index in [1.807, 2.05) is 7.05 Å². The third kappa shape index (κ3) is 2.82. The lowest BCUT2D eigenvalue weighted by Gasteiger charge is -2.29. The van der Waals surface area contributed by atoms with Crippen LogP contribution in [0.15, 0.2) is 18.2 Å². The zero-order valence-corrected chi connectivity index (χ0v) is 13.3. The molecule has 3 rings (SSSR count). The van der Waals surface area contributed by atoms with Crippen molar-refractivity contribution in [3.8, 4) is 0 Å². The van der Waals surface area contributed by atoms with Crippen LogP contribution in [0.3, 0.4) is 0 Å². The van der Waals surface area contributed by atoms with E-state index in [0.717, 1.165) is 35.9 Å². The summed E-state index contributed by atoms with van der Waals surface area (Å²) in [6, 6.07) is 6.43. The SMILES string of the molecule is CNCc1ccc(N(C)CC2CC3CCC2C3)c(Cl)c1. The number of anilines is 1. The van der Waals surface area contributed by atoms with Crippen LogP contribution in [0.5, 0.6) is 0 Å². The molecule has 1 aromatic carbocycles. The zero-order valence-electron chi connectivity index (χ0n) is 12.5. The third-order valence-corrected chi connectivity index (χ3v) is 5.50. The van der Waals surface area contributed by atoms with E-state index in [1.165, 1.54) is 36.9 Å². The maximum atomic E-state index is 6.46. The van der Waals surface area contributed by atoms with Gasteiger partial charge in [0.25, 0.3) is 0 Å². The van der Waals surface area contributed by atoms with Crippen LogP contribution < -0.4 is 10.2 Å². The second kappa shape index (κ2) is 5.95. The number of fused-ring (bicyclic) bond motifs is 2. The molecule has 2 nitrogen and oxygen atoms in total. The van der Waals surface area contributed by atoms with Crippen molar-refractivity contribution in [3.63, 3.8) is 0 Å². The Kier molecular flexibility index (Phi) is 4.23. The highest BCUT2D eigenvalue weighted by Crippen LogP contribution is 2.48. The van der Waals surface area contributed by atoms with Gasteiger partial charge in [-0.2, -0.15) is 0 Å². The monoisotopic (exact) mass is 292 g/mol. The van der Waals surface area contributed by atoms with Gasteiger partial charge in [0.15, 0.2) is 0 Å². The van der Waals surface area contributed by atoms with Crippen molar-refractivity contribution in [3.05, 3.63) is 28.8 Å². The fourth-order valence-electron chi connectivity index (χ4n) is 4.22. The van der Waals surface area contributed by atoms with Gasteiger partial charge in [0.2, 0.25) is 0 Å². The fourth-order valence-corrected chi connectivity index (χ4v) is 4.57. The molecule has 3 atom stereocenters. The van der Waals surface area contributed by atoms with Crippen LogP contribution in [0.25, 0.3) is 0 Å². The first-order valence-electron chi connectivity index (χ1n) is 7.81. The van der Waals surface area contributed by atoms with Gasteiger partial charge in [-0.3, -0.25) is 0 Å². The molecule has 0 spiro atoms. The van der Waals surface area contributed by atoms with Crippen LogP contribution in [-0.2, 0) is 6.54 Å². The Balaban J connectivity index is 1.66. The summed E-state index contributed by atoms with van der Waals surface area (Å²) in [5.41, 5.74) is 2.42.